The molecule has 9 atom stereocenters. The fourth-order valence-corrected chi connectivity index (χ4v) is 5.06. The molecule has 290 valence electrons. The average Bonchev–Trinajstić information content (AvgIpc) is 3.15. The van der Waals surface area contributed by atoms with Gasteiger partial charge in [-0.1, -0.05) is 74.4 Å². The molecular formula is C37H71FN2O9. The summed E-state index contributed by atoms with van der Waals surface area (Å²) in [6.45, 7) is 24.3. The molecule has 0 aromatic carbocycles. The standard InChI is InChI=1S/C18H29NO7.C11H18FNO2.4C2H6/c1-10-8-13(25-5)6-7-14(20)11(2)17(23)26-9-18(4,19-24)16(22)12(3)15(10)21;1-4-5-6-13(3)10-7-9(2)14-11(8-10)15-12;4*1-2/h10-13,16,22H,6-9H2,1-5H3;1,9-11H,5-8H2,2-3H3;4*1-2H3/t10-,11?,12?,13?,16?,18-;;;;;/m1...../s1. The zero-order valence-corrected chi connectivity index (χ0v) is 33.3. The minimum atomic E-state index is -1.68. The van der Waals surface area contributed by atoms with Gasteiger partial charge >= 0.3 is 5.97 Å². The number of ketones is 2. The zero-order valence-electron chi connectivity index (χ0n) is 33.3. The van der Waals surface area contributed by atoms with Crippen molar-refractivity contribution in [3.8, 4) is 12.3 Å². The number of aliphatic hydroxyl groups is 1. The van der Waals surface area contributed by atoms with E-state index in [9.17, 15) is 28.9 Å². The van der Waals surface area contributed by atoms with Gasteiger partial charge < -0.3 is 24.2 Å². The number of aliphatic hydroxyl groups excluding tert-OH is 1. The summed E-state index contributed by atoms with van der Waals surface area (Å²) in [5, 5.41) is 13.4. The molecule has 2 heterocycles. The minimum Gasteiger partial charge on any atom is -0.462 e. The molecule has 0 bridgehead atoms. The number of nitroso groups, excluding NO2 is 1. The van der Waals surface area contributed by atoms with E-state index in [0.717, 1.165) is 13.0 Å². The van der Waals surface area contributed by atoms with Gasteiger partial charge in [0, 0.05) is 50.8 Å². The van der Waals surface area contributed by atoms with Crippen LogP contribution in [-0.2, 0) is 33.5 Å². The van der Waals surface area contributed by atoms with Gasteiger partial charge in [0.1, 0.15) is 24.1 Å². The second-order valence-corrected chi connectivity index (χ2v) is 11.4. The Balaban J connectivity index is -0.000000373. The first kappa shape index (κ1) is 53.5. The Hall–Kier alpha value is -2.30. The Labute approximate surface area is 297 Å². The molecule has 1 N–H and O–H groups in total. The topological polar surface area (TPSA) is 141 Å². The van der Waals surface area contributed by atoms with Crippen LogP contribution in [0.5, 0.6) is 0 Å². The Bertz CT molecular complexity index is 917. The molecular weight excluding hydrogens is 635 g/mol. The van der Waals surface area contributed by atoms with E-state index < -0.39 is 48.3 Å². The van der Waals surface area contributed by atoms with E-state index in [4.69, 9.17) is 20.6 Å². The van der Waals surface area contributed by atoms with Crippen LogP contribution in [0.3, 0.4) is 0 Å². The molecule has 0 saturated carbocycles. The molecule has 2 aliphatic heterocycles. The summed E-state index contributed by atoms with van der Waals surface area (Å²) in [6, 6.07) is 0.280. The molecule has 7 unspecified atom stereocenters. The van der Waals surface area contributed by atoms with Gasteiger partial charge in [0.15, 0.2) is 11.8 Å². The Morgan fingerprint density at radius 2 is 1.57 bits per heavy atom. The van der Waals surface area contributed by atoms with Crippen molar-refractivity contribution in [1.82, 2.24) is 4.90 Å². The number of hydrogen-bond acceptors (Lipinski definition) is 11. The van der Waals surface area contributed by atoms with Gasteiger partial charge in [-0.3, -0.25) is 14.4 Å². The van der Waals surface area contributed by atoms with Crippen molar-refractivity contribution in [3.05, 3.63) is 4.91 Å². The molecule has 0 spiro atoms. The summed E-state index contributed by atoms with van der Waals surface area (Å²) in [5.41, 5.74) is -1.68. The molecule has 12 heteroatoms. The van der Waals surface area contributed by atoms with Gasteiger partial charge in [0.2, 0.25) is 0 Å². The van der Waals surface area contributed by atoms with Crippen molar-refractivity contribution in [2.45, 2.75) is 165 Å². The van der Waals surface area contributed by atoms with E-state index in [1.165, 1.54) is 27.9 Å². The first-order chi connectivity index (χ1) is 23.2. The number of hydrogen-bond donors (Lipinski definition) is 1. The Morgan fingerprint density at radius 3 is 2.04 bits per heavy atom. The van der Waals surface area contributed by atoms with E-state index in [-0.39, 0.29) is 36.2 Å². The van der Waals surface area contributed by atoms with Gasteiger partial charge in [-0.25, -0.2) is 0 Å². The smallest absolute Gasteiger partial charge is 0.316 e. The highest BCUT2D eigenvalue weighted by Gasteiger charge is 2.44. The van der Waals surface area contributed by atoms with Crippen molar-refractivity contribution in [2.24, 2.45) is 22.9 Å². The molecule has 0 aliphatic carbocycles. The van der Waals surface area contributed by atoms with Gasteiger partial charge in [-0.2, -0.15) is 4.94 Å². The molecule has 0 aromatic heterocycles. The van der Waals surface area contributed by atoms with Crippen LogP contribution >= 0.6 is 0 Å². The lowest BCUT2D eigenvalue weighted by atomic mass is 9.80. The lowest BCUT2D eigenvalue weighted by Crippen LogP contribution is -2.49. The van der Waals surface area contributed by atoms with E-state index in [0.29, 0.717) is 25.7 Å². The number of esters is 1. The van der Waals surface area contributed by atoms with Crippen LogP contribution < -0.4 is 0 Å². The zero-order chi connectivity index (χ0) is 39.3. The lowest BCUT2D eigenvalue weighted by Gasteiger charge is -2.36. The largest absolute Gasteiger partial charge is 0.462 e. The number of carbonyl (C=O) groups is 3. The summed E-state index contributed by atoms with van der Waals surface area (Å²) in [4.78, 5) is 54.1. The fraction of sp³-hybridized carbons (Fsp3) is 0.865. The van der Waals surface area contributed by atoms with Crippen LogP contribution in [-0.4, -0.2) is 91.0 Å². The molecule has 0 radical (unpaired) electrons. The molecule has 2 fully saturated rings. The number of ether oxygens (including phenoxy) is 3. The van der Waals surface area contributed by atoms with Crippen LogP contribution in [0.1, 0.15) is 129 Å². The number of methoxy groups -OCH3 is 1. The minimum absolute atomic E-state index is 0.0257. The summed E-state index contributed by atoms with van der Waals surface area (Å²) >= 11 is 0. The van der Waals surface area contributed by atoms with Gasteiger partial charge in [-0.15, -0.1) is 17.3 Å². The van der Waals surface area contributed by atoms with Crippen LogP contribution in [0.4, 0.5) is 4.53 Å². The van der Waals surface area contributed by atoms with Crippen LogP contribution in [0.15, 0.2) is 5.18 Å². The first-order valence-corrected chi connectivity index (χ1v) is 18.1. The number of terminal acetylenes is 1. The molecule has 2 rings (SSSR count). The predicted molar refractivity (Wildman–Crippen MR) is 194 cm³/mol. The molecule has 11 nitrogen and oxygen atoms in total. The Kier molecular flexibility index (Phi) is 34.6. The Morgan fingerprint density at radius 1 is 1.02 bits per heavy atom. The monoisotopic (exact) mass is 707 g/mol. The number of rotatable bonds is 6. The van der Waals surface area contributed by atoms with Crippen LogP contribution in [0.2, 0.25) is 0 Å². The maximum atomic E-state index is 12.6. The summed E-state index contributed by atoms with van der Waals surface area (Å²) in [6.07, 6.45) is 5.79. The SMILES string of the molecule is C#CCCN(C)C1CC(C)OC(OF)C1.CC.CC.CC.CC.COC1CCC(=O)C(C)C(=O)OC[C@@](C)(N=O)C(O)C(C)C(=O)[C@H](C)C1. The van der Waals surface area contributed by atoms with Crippen molar-refractivity contribution >= 4 is 17.5 Å². The summed E-state index contributed by atoms with van der Waals surface area (Å²) in [5.74, 6) is -1.02. The van der Waals surface area contributed by atoms with Crippen molar-refractivity contribution < 1.29 is 43.2 Å². The maximum absolute atomic E-state index is 12.6. The van der Waals surface area contributed by atoms with E-state index in [1.807, 2.05) is 69.4 Å². The lowest BCUT2D eigenvalue weighted by molar-refractivity contribution is -0.304. The van der Waals surface area contributed by atoms with Crippen LogP contribution in [0, 0.1) is 35.0 Å². The van der Waals surface area contributed by atoms with E-state index >= 15 is 0 Å². The second kappa shape index (κ2) is 31.7. The summed E-state index contributed by atoms with van der Waals surface area (Å²) in [7, 11) is 3.49. The van der Waals surface area contributed by atoms with Crippen LogP contribution in [0.25, 0.3) is 0 Å². The van der Waals surface area contributed by atoms with E-state index in [2.05, 4.69) is 20.9 Å². The van der Waals surface area contributed by atoms with E-state index in [1.54, 1.807) is 6.92 Å². The third kappa shape index (κ3) is 20.2. The predicted octanol–water partition coefficient (Wildman–Crippen LogP) is 7.50. The highest BCUT2D eigenvalue weighted by atomic mass is 19.3. The first-order valence-electron chi connectivity index (χ1n) is 18.1. The van der Waals surface area contributed by atoms with Gasteiger partial charge in [-0.05, 0) is 51.6 Å². The molecule has 0 amide bonds. The highest BCUT2D eigenvalue weighted by Crippen LogP contribution is 2.28. The quantitative estimate of drug-likeness (QED) is 0.128. The van der Waals surface area contributed by atoms with Gasteiger partial charge in [0.05, 0.1) is 18.3 Å². The number of cyclic esters (lactones) is 1. The molecule has 0 aromatic rings. The number of Topliss-reactive ketones (excluding diaryl/α,β-unsaturated/α-hetero) is 2. The molecule has 2 saturated heterocycles. The second-order valence-electron chi connectivity index (χ2n) is 11.4. The van der Waals surface area contributed by atoms with Gasteiger partial charge in [0.25, 0.3) is 0 Å². The molecule has 49 heavy (non-hydrogen) atoms. The fourth-order valence-electron chi connectivity index (χ4n) is 5.06. The number of carbonyl (C=O) groups excluding carboxylic acids is 3. The normalized spacial score (nSPS) is 30.5. The molecule has 2 aliphatic rings. The highest BCUT2D eigenvalue weighted by molar-refractivity contribution is 5.98. The number of nitrogens with zero attached hydrogens (tertiary/aromatic N) is 2. The van der Waals surface area contributed by atoms with Crippen molar-refractivity contribution in [1.29, 1.82) is 0 Å². The van der Waals surface area contributed by atoms with Crippen molar-refractivity contribution in [3.63, 3.8) is 0 Å². The number of halogens is 1. The maximum Gasteiger partial charge on any atom is 0.316 e. The third-order valence-electron chi connectivity index (χ3n) is 8.04. The average molecular weight is 707 g/mol. The van der Waals surface area contributed by atoms with Crippen molar-refractivity contribution in [2.75, 3.05) is 27.3 Å². The summed E-state index contributed by atoms with van der Waals surface area (Å²) < 4.78 is 27.7. The third-order valence-corrected chi connectivity index (χ3v) is 8.04.